The number of hydrogen-bond donors (Lipinski definition) is 1. The van der Waals surface area contributed by atoms with Crippen LogP contribution in [-0.2, 0) is 5.54 Å². The average molecular weight is 334 g/mol. The highest BCUT2D eigenvalue weighted by atomic mass is 35.5. The molecule has 1 saturated carbocycles. The Bertz CT molecular complexity index is 578. The third-order valence-corrected chi connectivity index (χ3v) is 5.19. The van der Waals surface area contributed by atoms with E-state index < -0.39 is 5.54 Å². The number of hydrogen-bond acceptors (Lipinski definition) is 5. The van der Waals surface area contributed by atoms with Crippen molar-refractivity contribution in [1.82, 2.24) is 10.1 Å². The molecule has 0 bridgehead atoms. The molecule has 1 aliphatic rings. The van der Waals surface area contributed by atoms with Crippen molar-refractivity contribution in [2.24, 2.45) is 5.73 Å². The fraction of sp³-hybridized carbons (Fsp3) is 0.538. The Balaban J connectivity index is 0.00000147. The van der Waals surface area contributed by atoms with Gasteiger partial charge in [-0.15, -0.1) is 23.7 Å². The van der Waals surface area contributed by atoms with E-state index in [9.17, 15) is 0 Å². The van der Waals surface area contributed by atoms with Crippen LogP contribution in [0.15, 0.2) is 16.7 Å². The Morgan fingerprint density at radius 2 is 2.10 bits per heavy atom. The molecular weight excluding hydrogens is 317 g/mol. The summed E-state index contributed by atoms with van der Waals surface area (Å²) in [4.78, 5) is 5.63. The second-order valence-electron chi connectivity index (χ2n) is 5.18. The van der Waals surface area contributed by atoms with E-state index in [-0.39, 0.29) is 18.3 Å². The molecule has 1 aliphatic carbocycles. The second kappa shape index (κ2) is 6.02. The number of rotatable bonds is 3. The molecule has 7 heteroatoms. The summed E-state index contributed by atoms with van der Waals surface area (Å²) in [5.74, 6) is 1.32. The monoisotopic (exact) mass is 333 g/mol. The lowest BCUT2D eigenvalue weighted by molar-refractivity contribution is 0.344. The van der Waals surface area contributed by atoms with Crippen molar-refractivity contribution in [2.75, 3.05) is 0 Å². The largest absolute Gasteiger partial charge is 0.339 e. The molecular formula is C13H17Cl2N3OS. The normalized spacial score (nSPS) is 18.8. The van der Waals surface area contributed by atoms with E-state index in [0.717, 1.165) is 34.9 Å². The third kappa shape index (κ3) is 2.86. The molecule has 2 N–H and O–H groups in total. The molecule has 0 radical (unpaired) electrons. The van der Waals surface area contributed by atoms with Gasteiger partial charge >= 0.3 is 0 Å². The summed E-state index contributed by atoms with van der Waals surface area (Å²) in [5.41, 5.74) is 5.94. The first-order valence-electron chi connectivity index (χ1n) is 6.47. The van der Waals surface area contributed by atoms with Gasteiger partial charge in [0.25, 0.3) is 0 Å². The molecule has 1 fully saturated rings. The van der Waals surface area contributed by atoms with Crippen LogP contribution in [0.4, 0.5) is 0 Å². The number of nitrogens with two attached hydrogens (primary N) is 1. The Labute approximate surface area is 133 Å². The molecule has 110 valence electrons. The van der Waals surface area contributed by atoms with Gasteiger partial charge in [0.05, 0.1) is 15.8 Å². The lowest BCUT2D eigenvalue weighted by Crippen LogP contribution is -2.34. The van der Waals surface area contributed by atoms with Crippen LogP contribution in [0, 0.1) is 0 Å². The van der Waals surface area contributed by atoms with E-state index in [0.29, 0.717) is 11.7 Å². The maximum absolute atomic E-state index is 6.33. The number of halogens is 2. The van der Waals surface area contributed by atoms with Crippen LogP contribution in [-0.4, -0.2) is 10.1 Å². The standard InChI is InChI=1S/C13H16ClN3OS.ClH/c1-8(9-4-5-10(14)19-9)11-16-12(17-18-11)13(15)6-2-3-7-13;/h4-5,8H,2-3,6-7,15H2,1H3;1H. The molecule has 3 rings (SSSR count). The summed E-state index contributed by atoms with van der Waals surface area (Å²) in [6.45, 7) is 2.04. The first kappa shape index (κ1) is 15.8. The minimum atomic E-state index is -0.394. The maximum Gasteiger partial charge on any atom is 0.234 e. The lowest BCUT2D eigenvalue weighted by atomic mass is 9.98. The zero-order valence-electron chi connectivity index (χ0n) is 11.1. The van der Waals surface area contributed by atoms with Crippen molar-refractivity contribution in [1.29, 1.82) is 0 Å². The van der Waals surface area contributed by atoms with Crippen LogP contribution >= 0.6 is 35.3 Å². The van der Waals surface area contributed by atoms with Crippen LogP contribution in [0.3, 0.4) is 0 Å². The minimum Gasteiger partial charge on any atom is -0.339 e. The first-order chi connectivity index (χ1) is 9.08. The molecule has 0 aromatic carbocycles. The van der Waals surface area contributed by atoms with Crippen molar-refractivity contribution in [3.05, 3.63) is 33.1 Å². The van der Waals surface area contributed by atoms with E-state index in [4.69, 9.17) is 21.9 Å². The predicted molar refractivity (Wildman–Crippen MR) is 82.7 cm³/mol. The molecule has 20 heavy (non-hydrogen) atoms. The summed E-state index contributed by atoms with van der Waals surface area (Å²) in [6.07, 6.45) is 4.14. The Kier molecular flexibility index (Phi) is 4.74. The van der Waals surface area contributed by atoms with Gasteiger partial charge in [-0.3, -0.25) is 0 Å². The van der Waals surface area contributed by atoms with Gasteiger partial charge in [0.1, 0.15) is 0 Å². The number of nitrogens with zero attached hydrogens (tertiary/aromatic N) is 2. The molecule has 4 nitrogen and oxygen atoms in total. The van der Waals surface area contributed by atoms with E-state index in [1.165, 1.54) is 11.3 Å². The molecule has 2 aromatic heterocycles. The second-order valence-corrected chi connectivity index (χ2v) is 6.93. The van der Waals surface area contributed by atoms with Crippen LogP contribution < -0.4 is 5.73 Å². The van der Waals surface area contributed by atoms with E-state index in [1.54, 1.807) is 0 Å². The van der Waals surface area contributed by atoms with Gasteiger partial charge in [0.2, 0.25) is 5.89 Å². The molecule has 0 saturated heterocycles. The van der Waals surface area contributed by atoms with Crippen LogP contribution in [0.2, 0.25) is 4.34 Å². The van der Waals surface area contributed by atoms with Crippen LogP contribution in [0.5, 0.6) is 0 Å². The topological polar surface area (TPSA) is 64.9 Å². The van der Waals surface area contributed by atoms with Crippen molar-refractivity contribution >= 4 is 35.3 Å². The SMILES string of the molecule is CC(c1nc(C2(N)CCCC2)no1)c1ccc(Cl)s1.Cl. The first-order valence-corrected chi connectivity index (χ1v) is 7.66. The summed E-state index contributed by atoms with van der Waals surface area (Å²) in [5, 5.41) is 4.08. The quantitative estimate of drug-likeness (QED) is 0.918. The molecule has 2 aromatic rings. The molecule has 0 aliphatic heterocycles. The van der Waals surface area contributed by atoms with Crippen LogP contribution in [0.25, 0.3) is 0 Å². The van der Waals surface area contributed by atoms with Crippen LogP contribution in [0.1, 0.15) is 55.1 Å². The van der Waals surface area contributed by atoms with Gasteiger partial charge in [0.15, 0.2) is 5.82 Å². The van der Waals surface area contributed by atoms with Crippen molar-refractivity contribution < 1.29 is 4.52 Å². The Hall–Kier alpha value is -0.620. The highest BCUT2D eigenvalue weighted by Crippen LogP contribution is 2.36. The van der Waals surface area contributed by atoms with Gasteiger partial charge in [-0.05, 0) is 31.9 Å². The summed E-state index contributed by atoms with van der Waals surface area (Å²) >= 11 is 7.49. The van der Waals surface area contributed by atoms with Gasteiger partial charge in [-0.25, -0.2) is 0 Å². The lowest BCUT2D eigenvalue weighted by Gasteiger charge is -2.17. The zero-order valence-corrected chi connectivity index (χ0v) is 13.5. The molecule has 1 unspecified atom stereocenters. The van der Waals surface area contributed by atoms with Gasteiger partial charge in [-0.2, -0.15) is 4.98 Å². The summed E-state index contributed by atoms with van der Waals surface area (Å²) < 4.78 is 6.16. The van der Waals surface area contributed by atoms with E-state index in [1.807, 2.05) is 19.1 Å². The number of thiophene rings is 1. The Morgan fingerprint density at radius 1 is 1.40 bits per heavy atom. The minimum absolute atomic E-state index is 0. The third-order valence-electron chi connectivity index (χ3n) is 3.77. The maximum atomic E-state index is 6.33. The highest BCUT2D eigenvalue weighted by molar-refractivity contribution is 7.16. The smallest absolute Gasteiger partial charge is 0.234 e. The fourth-order valence-corrected chi connectivity index (χ4v) is 3.63. The van der Waals surface area contributed by atoms with E-state index in [2.05, 4.69) is 10.1 Å². The average Bonchev–Trinajstić information content (AvgIpc) is 3.08. The zero-order chi connectivity index (χ0) is 13.5. The molecule has 0 spiro atoms. The predicted octanol–water partition coefficient (Wildman–Crippen LogP) is 4.09. The number of aromatic nitrogens is 2. The summed E-state index contributed by atoms with van der Waals surface area (Å²) in [6, 6.07) is 3.88. The van der Waals surface area contributed by atoms with Crippen molar-refractivity contribution in [3.63, 3.8) is 0 Å². The summed E-state index contributed by atoms with van der Waals surface area (Å²) in [7, 11) is 0. The Morgan fingerprint density at radius 3 is 2.70 bits per heavy atom. The van der Waals surface area contributed by atoms with Crippen molar-refractivity contribution in [2.45, 2.75) is 44.1 Å². The van der Waals surface area contributed by atoms with Crippen molar-refractivity contribution in [3.8, 4) is 0 Å². The molecule has 0 amide bonds. The van der Waals surface area contributed by atoms with Gasteiger partial charge in [0, 0.05) is 4.88 Å². The van der Waals surface area contributed by atoms with E-state index >= 15 is 0 Å². The fourth-order valence-electron chi connectivity index (χ4n) is 2.53. The van der Waals surface area contributed by atoms with Gasteiger partial charge < -0.3 is 10.3 Å². The molecule has 2 heterocycles. The highest BCUT2D eigenvalue weighted by Gasteiger charge is 2.36. The van der Waals surface area contributed by atoms with Gasteiger partial charge in [-0.1, -0.05) is 29.6 Å². The molecule has 1 atom stereocenters.